The molecule has 2 rings (SSSR count). The van der Waals surface area contributed by atoms with Gasteiger partial charge < -0.3 is 14.7 Å². The highest BCUT2D eigenvalue weighted by molar-refractivity contribution is 5.81. The number of aliphatic hydroxyl groups excluding tert-OH is 1. The van der Waals surface area contributed by atoms with Crippen molar-refractivity contribution in [1.29, 1.82) is 0 Å². The molecular formula is C10H17NO3. The molecule has 2 atom stereocenters. The van der Waals surface area contributed by atoms with E-state index in [1.54, 1.807) is 4.90 Å². The van der Waals surface area contributed by atoms with Crippen molar-refractivity contribution in [2.75, 3.05) is 19.7 Å². The van der Waals surface area contributed by atoms with Crippen molar-refractivity contribution in [2.24, 2.45) is 0 Å². The molecule has 0 unspecified atom stereocenters. The number of carbonyl (C=O) groups is 1. The molecule has 2 heterocycles. The summed E-state index contributed by atoms with van der Waals surface area (Å²) in [4.78, 5) is 13.6. The molecule has 4 heteroatoms. The number of rotatable bonds is 1. The van der Waals surface area contributed by atoms with Gasteiger partial charge in [-0.05, 0) is 25.7 Å². The number of piperidine rings is 1. The number of hydrogen-bond donors (Lipinski definition) is 1. The number of likely N-dealkylation sites (tertiary alicyclic amines) is 1. The minimum Gasteiger partial charge on any atom is -0.391 e. The average molecular weight is 199 g/mol. The van der Waals surface area contributed by atoms with Gasteiger partial charge in [0.15, 0.2) is 0 Å². The van der Waals surface area contributed by atoms with Crippen molar-refractivity contribution in [3.05, 3.63) is 0 Å². The molecule has 1 amide bonds. The van der Waals surface area contributed by atoms with Crippen LogP contribution in [-0.2, 0) is 9.53 Å². The minimum atomic E-state index is -0.339. The predicted molar refractivity (Wildman–Crippen MR) is 50.8 cm³/mol. The third kappa shape index (κ3) is 2.07. The Kier molecular flexibility index (Phi) is 3.03. The summed E-state index contributed by atoms with van der Waals surface area (Å²) >= 11 is 0. The second kappa shape index (κ2) is 4.28. The fourth-order valence-electron chi connectivity index (χ4n) is 2.13. The summed E-state index contributed by atoms with van der Waals surface area (Å²) in [6.45, 7) is 1.96. The van der Waals surface area contributed by atoms with Gasteiger partial charge in [0.05, 0.1) is 6.10 Å². The number of carbonyl (C=O) groups excluding carboxylic acids is 1. The van der Waals surface area contributed by atoms with Crippen LogP contribution >= 0.6 is 0 Å². The third-order valence-electron chi connectivity index (χ3n) is 2.91. The van der Waals surface area contributed by atoms with E-state index in [-0.39, 0.29) is 18.1 Å². The molecule has 0 aromatic rings. The molecule has 80 valence electrons. The Morgan fingerprint density at radius 2 is 2.21 bits per heavy atom. The van der Waals surface area contributed by atoms with Gasteiger partial charge in [0.1, 0.15) is 6.10 Å². The second-order valence-electron chi connectivity index (χ2n) is 4.08. The van der Waals surface area contributed by atoms with Gasteiger partial charge in [-0.2, -0.15) is 0 Å². The first-order valence-corrected chi connectivity index (χ1v) is 5.36. The summed E-state index contributed by atoms with van der Waals surface area (Å²) in [5, 5.41) is 9.44. The summed E-state index contributed by atoms with van der Waals surface area (Å²) in [6, 6.07) is 0. The fourth-order valence-corrected chi connectivity index (χ4v) is 2.13. The lowest BCUT2D eigenvalue weighted by atomic mass is 10.1. The Bertz CT molecular complexity index is 213. The van der Waals surface area contributed by atoms with Gasteiger partial charge in [-0.3, -0.25) is 4.79 Å². The molecule has 0 aliphatic carbocycles. The van der Waals surface area contributed by atoms with Gasteiger partial charge in [0, 0.05) is 19.7 Å². The molecule has 4 nitrogen and oxygen atoms in total. The third-order valence-corrected chi connectivity index (χ3v) is 2.91. The lowest BCUT2D eigenvalue weighted by Crippen LogP contribution is -2.46. The molecule has 14 heavy (non-hydrogen) atoms. The Hall–Kier alpha value is -0.610. The summed E-state index contributed by atoms with van der Waals surface area (Å²) in [6.07, 6.45) is 2.96. The second-order valence-corrected chi connectivity index (χ2v) is 4.08. The van der Waals surface area contributed by atoms with Crippen LogP contribution in [0.25, 0.3) is 0 Å². The normalized spacial score (nSPS) is 33.4. The van der Waals surface area contributed by atoms with Crippen LogP contribution in [0.4, 0.5) is 0 Å². The Labute approximate surface area is 83.8 Å². The molecule has 0 bridgehead atoms. The average Bonchev–Trinajstić information content (AvgIpc) is 2.69. The first-order chi connectivity index (χ1) is 6.77. The van der Waals surface area contributed by atoms with Gasteiger partial charge in [0.2, 0.25) is 0 Å². The monoisotopic (exact) mass is 199 g/mol. The molecule has 2 aliphatic rings. The van der Waals surface area contributed by atoms with E-state index in [0.29, 0.717) is 13.2 Å². The van der Waals surface area contributed by atoms with Crippen LogP contribution < -0.4 is 0 Å². The summed E-state index contributed by atoms with van der Waals surface area (Å²) in [7, 11) is 0. The van der Waals surface area contributed by atoms with Crippen LogP contribution in [0.3, 0.4) is 0 Å². The zero-order valence-electron chi connectivity index (χ0n) is 8.32. The lowest BCUT2D eigenvalue weighted by molar-refractivity contribution is -0.143. The van der Waals surface area contributed by atoms with Gasteiger partial charge in [0.25, 0.3) is 5.91 Å². The van der Waals surface area contributed by atoms with Crippen molar-refractivity contribution in [3.63, 3.8) is 0 Å². The largest absolute Gasteiger partial charge is 0.391 e. The quantitative estimate of drug-likeness (QED) is 0.654. The number of aliphatic hydroxyl groups is 1. The van der Waals surface area contributed by atoms with Gasteiger partial charge in [-0.1, -0.05) is 0 Å². The predicted octanol–water partition coefficient (Wildman–Crippen LogP) is 0.149. The maximum Gasteiger partial charge on any atom is 0.251 e. The maximum atomic E-state index is 11.8. The molecule has 2 fully saturated rings. The SMILES string of the molecule is O=C([C@@H]1CCCO1)N1CCC[C@@H](O)C1. The lowest BCUT2D eigenvalue weighted by Gasteiger charge is -2.31. The highest BCUT2D eigenvalue weighted by Crippen LogP contribution is 2.17. The zero-order chi connectivity index (χ0) is 9.97. The van der Waals surface area contributed by atoms with E-state index in [2.05, 4.69) is 0 Å². The van der Waals surface area contributed by atoms with Crippen molar-refractivity contribution in [2.45, 2.75) is 37.9 Å². The Balaban J connectivity index is 1.89. The first kappa shape index (κ1) is 9.93. The molecule has 0 aromatic heterocycles. The molecule has 1 N–H and O–H groups in total. The molecular weight excluding hydrogens is 182 g/mol. The van der Waals surface area contributed by atoms with Crippen molar-refractivity contribution in [3.8, 4) is 0 Å². The number of amides is 1. The number of nitrogens with zero attached hydrogens (tertiary/aromatic N) is 1. The van der Waals surface area contributed by atoms with Gasteiger partial charge >= 0.3 is 0 Å². The number of hydrogen-bond acceptors (Lipinski definition) is 3. The van der Waals surface area contributed by atoms with Crippen LogP contribution in [0, 0.1) is 0 Å². The van der Waals surface area contributed by atoms with E-state index in [1.165, 1.54) is 0 Å². The van der Waals surface area contributed by atoms with E-state index in [4.69, 9.17) is 4.74 Å². The highest BCUT2D eigenvalue weighted by Gasteiger charge is 2.30. The summed E-state index contributed by atoms with van der Waals surface area (Å²) in [5.74, 6) is 0.0706. The fraction of sp³-hybridized carbons (Fsp3) is 0.900. The van der Waals surface area contributed by atoms with E-state index >= 15 is 0 Å². The smallest absolute Gasteiger partial charge is 0.251 e. The molecule has 0 radical (unpaired) electrons. The van der Waals surface area contributed by atoms with E-state index < -0.39 is 0 Å². The first-order valence-electron chi connectivity index (χ1n) is 5.36. The van der Waals surface area contributed by atoms with Gasteiger partial charge in [-0.25, -0.2) is 0 Å². The molecule has 2 saturated heterocycles. The van der Waals surface area contributed by atoms with E-state index in [1.807, 2.05) is 0 Å². The highest BCUT2D eigenvalue weighted by atomic mass is 16.5. The van der Waals surface area contributed by atoms with E-state index in [0.717, 1.165) is 32.2 Å². The summed E-state index contributed by atoms with van der Waals surface area (Å²) < 4.78 is 5.33. The number of ether oxygens (including phenoxy) is 1. The summed E-state index contributed by atoms with van der Waals surface area (Å²) in [5.41, 5.74) is 0. The molecule has 2 aliphatic heterocycles. The van der Waals surface area contributed by atoms with Crippen molar-refractivity contribution >= 4 is 5.91 Å². The topological polar surface area (TPSA) is 49.8 Å². The van der Waals surface area contributed by atoms with Crippen LogP contribution in [0.2, 0.25) is 0 Å². The Morgan fingerprint density at radius 1 is 1.36 bits per heavy atom. The van der Waals surface area contributed by atoms with Crippen molar-refractivity contribution < 1.29 is 14.6 Å². The molecule has 0 spiro atoms. The van der Waals surface area contributed by atoms with Gasteiger partial charge in [-0.15, -0.1) is 0 Å². The maximum absolute atomic E-state index is 11.8. The van der Waals surface area contributed by atoms with E-state index in [9.17, 15) is 9.90 Å². The zero-order valence-corrected chi connectivity index (χ0v) is 8.32. The van der Waals surface area contributed by atoms with Crippen LogP contribution in [0.5, 0.6) is 0 Å². The standard InChI is InChI=1S/C10H17NO3/c12-8-3-1-5-11(7-8)10(13)9-4-2-6-14-9/h8-9,12H,1-7H2/t8-,9+/m1/s1. The number of β-amino-alcohol motifs (C(OH)–C–C–N with tert-alkyl or cyclic N) is 1. The minimum absolute atomic E-state index is 0.0706. The Morgan fingerprint density at radius 3 is 2.86 bits per heavy atom. The van der Waals surface area contributed by atoms with Crippen LogP contribution in [0.1, 0.15) is 25.7 Å². The van der Waals surface area contributed by atoms with Crippen LogP contribution in [0.15, 0.2) is 0 Å². The molecule has 0 aromatic carbocycles. The van der Waals surface area contributed by atoms with Crippen molar-refractivity contribution in [1.82, 2.24) is 4.90 Å². The molecule has 0 saturated carbocycles. The van der Waals surface area contributed by atoms with Crippen LogP contribution in [-0.4, -0.2) is 47.8 Å².